The normalized spacial score (nSPS) is 13.2. The van der Waals surface area contributed by atoms with E-state index in [1.165, 1.54) is 0 Å². The van der Waals surface area contributed by atoms with Crippen LogP contribution in [-0.2, 0) is 7.05 Å². The van der Waals surface area contributed by atoms with Crippen molar-refractivity contribution < 1.29 is 9.18 Å². The number of pyridine rings is 2. The molecule has 10 nitrogen and oxygen atoms in total. The molecule has 0 spiro atoms. The molecule has 0 unspecified atom stereocenters. The number of aromatic nitrogens is 4. The number of anilines is 4. The number of amides is 1. The monoisotopic (exact) mass is 457 g/mol. The summed E-state index contributed by atoms with van der Waals surface area (Å²) in [5, 5.41) is 11.4. The van der Waals surface area contributed by atoms with E-state index in [0.29, 0.717) is 17.3 Å². The second-order valence-corrected chi connectivity index (χ2v) is 8.88. The largest absolute Gasteiger partial charge is 0.365 e. The summed E-state index contributed by atoms with van der Waals surface area (Å²) >= 11 is 0. The molecule has 33 heavy (non-hydrogen) atoms. The minimum Gasteiger partial charge on any atom is -0.365 e. The molecule has 3 rings (SSSR count). The fraction of sp³-hybridized carbons (Fsp3) is 0.455. The van der Waals surface area contributed by atoms with E-state index in [1.807, 2.05) is 39.0 Å². The molecule has 3 heterocycles. The number of nitrogens with zero attached hydrogens (tertiary/aromatic N) is 5. The average molecular weight is 458 g/mol. The summed E-state index contributed by atoms with van der Waals surface area (Å²) in [7, 11) is 5.59. The number of carbonyl (C=O) groups is 1. The summed E-state index contributed by atoms with van der Waals surface area (Å²) in [6.07, 6.45) is 2.32. The van der Waals surface area contributed by atoms with Crippen LogP contribution < -0.4 is 27.0 Å². The molecule has 0 saturated heterocycles. The number of aryl methyl sites for hydroxylation is 1. The van der Waals surface area contributed by atoms with Crippen LogP contribution in [0.2, 0.25) is 0 Å². The van der Waals surface area contributed by atoms with Crippen LogP contribution in [0, 0.1) is 11.7 Å². The molecular formula is C22H32FN9O. The molecule has 6 N–H and O–H groups in total. The van der Waals surface area contributed by atoms with Gasteiger partial charge in [0.05, 0.1) is 22.8 Å². The first-order valence-corrected chi connectivity index (χ1v) is 10.8. The van der Waals surface area contributed by atoms with Gasteiger partial charge in [-0.3, -0.25) is 4.79 Å². The van der Waals surface area contributed by atoms with Crippen LogP contribution in [0.25, 0.3) is 11.0 Å². The Morgan fingerprint density at radius 3 is 2.52 bits per heavy atom. The lowest BCUT2D eigenvalue weighted by Gasteiger charge is -2.25. The molecule has 0 bridgehead atoms. The van der Waals surface area contributed by atoms with Gasteiger partial charge in [0.15, 0.2) is 23.1 Å². The van der Waals surface area contributed by atoms with Crippen LogP contribution >= 0.6 is 0 Å². The number of hydrogen-bond donors (Lipinski definition) is 4. The van der Waals surface area contributed by atoms with Crippen molar-refractivity contribution in [3.8, 4) is 0 Å². The Kier molecular flexibility index (Phi) is 7.01. The van der Waals surface area contributed by atoms with Gasteiger partial charge < -0.3 is 27.0 Å². The number of nitrogens with two attached hydrogens (primary N) is 2. The molecule has 178 valence electrons. The first kappa shape index (κ1) is 24.2. The van der Waals surface area contributed by atoms with Gasteiger partial charge in [-0.05, 0) is 31.4 Å². The van der Waals surface area contributed by atoms with E-state index in [0.717, 1.165) is 23.7 Å². The molecular weight excluding hydrogens is 425 g/mol. The number of rotatable bonds is 9. The van der Waals surface area contributed by atoms with Gasteiger partial charge in [0.2, 0.25) is 0 Å². The lowest BCUT2D eigenvalue weighted by molar-refractivity contribution is 0.100. The Balaban J connectivity index is 2.02. The quantitative estimate of drug-likeness (QED) is 0.384. The number of fused-ring (bicyclic) bond motifs is 1. The second kappa shape index (κ2) is 9.57. The number of halogens is 1. The Hall–Kier alpha value is -3.47. The number of carbonyl (C=O) groups excluding carboxylic acids is 1. The summed E-state index contributed by atoms with van der Waals surface area (Å²) in [5.41, 5.74) is 12.8. The van der Waals surface area contributed by atoms with Gasteiger partial charge in [-0.2, -0.15) is 5.10 Å². The van der Waals surface area contributed by atoms with Crippen molar-refractivity contribution in [2.24, 2.45) is 24.4 Å². The van der Waals surface area contributed by atoms with Gasteiger partial charge in [-0.25, -0.2) is 19.0 Å². The van der Waals surface area contributed by atoms with Crippen molar-refractivity contribution in [1.82, 2.24) is 19.7 Å². The third-order valence-corrected chi connectivity index (χ3v) is 5.27. The zero-order valence-corrected chi connectivity index (χ0v) is 19.8. The van der Waals surface area contributed by atoms with E-state index in [4.69, 9.17) is 11.5 Å². The maximum absolute atomic E-state index is 14.8. The fourth-order valence-corrected chi connectivity index (χ4v) is 3.62. The zero-order chi connectivity index (χ0) is 24.4. The van der Waals surface area contributed by atoms with Crippen LogP contribution in [0.1, 0.15) is 37.6 Å². The van der Waals surface area contributed by atoms with Gasteiger partial charge in [0, 0.05) is 33.2 Å². The highest BCUT2D eigenvalue weighted by Crippen LogP contribution is 2.29. The van der Waals surface area contributed by atoms with Crippen molar-refractivity contribution in [3.63, 3.8) is 0 Å². The van der Waals surface area contributed by atoms with E-state index in [-0.39, 0.29) is 29.3 Å². The van der Waals surface area contributed by atoms with Gasteiger partial charge >= 0.3 is 0 Å². The molecule has 0 aromatic carbocycles. The van der Waals surface area contributed by atoms with E-state index >= 15 is 0 Å². The molecule has 2 atom stereocenters. The van der Waals surface area contributed by atoms with Gasteiger partial charge in [0.25, 0.3) is 5.91 Å². The molecule has 3 aromatic rings. The molecule has 0 aliphatic rings. The highest BCUT2D eigenvalue weighted by Gasteiger charge is 2.21. The SMILES string of the molecule is CC(C)C[C@@H](Nc1nc(Nc2cnc3c(c2)c(N(C)C)nn3C)c(C(N)=O)cc1F)[C@H](C)N. The number of nitrogens with one attached hydrogen (secondary N) is 2. The Morgan fingerprint density at radius 2 is 1.94 bits per heavy atom. The molecule has 1 amide bonds. The average Bonchev–Trinajstić information content (AvgIpc) is 3.05. The molecule has 0 saturated carbocycles. The van der Waals surface area contributed by atoms with Crippen LogP contribution in [0.3, 0.4) is 0 Å². The summed E-state index contributed by atoms with van der Waals surface area (Å²) in [6, 6.07) is 2.49. The smallest absolute Gasteiger partial charge is 0.252 e. The third-order valence-electron chi connectivity index (χ3n) is 5.27. The maximum Gasteiger partial charge on any atom is 0.252 e. The van der Waals surface area contributed by atoms with Crippen molar-refractivity contribution >= 4 is 40.1 Å². The number of hydrogen-bond acceptors (Lipinski definition) is 8. The van der Waals surface area contributed by atoms with Crippen LogP contribution in [-0.4, -0.2) is 51.8 Å². The molecule has 0 aliphatic heterocycles. The molecule has 3 aromatic heterocycles. The highest BCUT2D eigenvalue weighted by molar-refractivity contribution is 5.99. The predicted molar refractivity (Wildman–Crippen MR) is 129 cm³/mol. The molecule has 0 fully saturated rings. The van der Waals surface area contributed by atoms with Crippen LogP contribution in [0.15, 0.2) is 18.3 Å². The lowest BCUT2D eigenvalue weighted by atomic mass is 9.99. The molecule has 0 radical (unpaired) electrons. The predicted octanol–water partition coefficient (Wildman–Crippen LogP) is 2.58. The van der Waals surface area contributed by atoms with Crippen LogP contribution in [0.4, 0.5) is 27.5 Å². The third kappa shape index (κ3) is 5.30. The van der Waals surface area contributed by atoms with Crippen molar-refractivity contribution in [3.05, 3.63) is 29.7 Å². The Morgan fingerprint density at radius 1 is 1.24 bits per heavy atom. The summed E-state index contributed by atoms with van der Waals surface area (Å²) in [4.78, 5) is 22.7. The minimum absolute atomic E-state index is 0.00477. The van der Waals surface area contributed by atoms with E-state index < -0.39 is 11.7 Å². The highest BCUT2D eigenvalue weighted by atomic mass is 19.1. The zero-order valence-electron chi connectivity index (χ0n) is 19.8. The van der Waals surface area contributed by atoms with E-state index in [2.05, 4.69) is 39.5 Å². The second-order valence-electron chi connectivity index (χ2n) is 8.88. The van der Waals surface area contributed by atoms with Crippen LogP contribution in [0.5, 0.6) is 0 Å². The van der Waals surface area contributed by atoms with Gasteiger partial charge in [-0.1, -0.05) is 13.8 Å². The first-order chi connectivity index (χ1) is 15.5. The first-order valence-electron chi connectivity index (χ1n) is 10.8. The standard InChI is InChI=1S/C22H32FN9O/c1-11(2)7-17(12(3)24)28-20-16(23)9-14(18(25)33)19(29-20)27-13-8-15-21(26-10-13)32(6)30-22(15)31(4)5/h8-12,17H,7,24H2,1-6H3,(H2,25,33)(H2,27,28,29)/t12-,17+/m0/s1. The van der Waals surface area contributed by atoms with E-state index in [1.54, 1.807) is 10.9 Å². The summed E-state index contributed by atoms with van der Waals surface area (Å²) < 4.78 is 16.5. The molecule has 11 heteroatoms. The Labute approximate surface area is 192 Å². The summed E-state index contributed by atoms with van der Waals surface area (Å²) in [6.45, 7) is 5.98. The molecule has 0 aliphatic carbocycles. The van der Waals surface area contributed by atoms with Gasteiger partial charge in [-0.15, -0.1) is 0 Å². The fourth-order valence-electron chi connectivity index (χ4n) is 3.62. The maximum atomic E-state index is 14.8. The Bertz CT molecular complexity index is 1160. The van der Waals surface area contributed by atoms with E-state index in [9.17, 15) is 9.18 Å². The van der Waals surface area contributed by atoms with Gasteiger partial charge in [0.1, 0.15) is 5.82 Å². The van der Waals surface area contributed by atoms with Crippen molar-refractivity contribution in [2.75, 3.05) is 29.6 Å². The topological polar surface area (TPSA) is 140 Å². The van der Waals surface area contributed by atoms with Crippen molar-refractivity contribution in [1.29, 1.82) is 0 Å². The number of primary amides is 1. The summed E-state index contributed by atoms with van der Waals surface area (Å²) in [5.74, 6) is -0.278. The van der Waals surface area contributed by atoms with Crippen molar-refractivity contribution in [2.45, 2.75) is 39.3 Å². The minimum atomic E-state index is -0.800. The lowest BCUT2D eigenvalue weighted by Crippen LogP contribution is -2.39.